The fourth-order valence-corrected chi connectivity index (χ4v) is 2.54. The van der Waals surface area contributed by atoms with Crippen molar-refractivity contribution < 1.29 is 13.9 Å². The monoisotopic (exact) mass is 361 g/mol. The van der Waals surface area contributed by atoms with Crippen molar-refractivity contribution in [3.05, 3.63) is 63.9 Å². The number of aromatic nitrogens is 2. The number of hydrogen-bond donors (Lipinski definition) is 1. The number of benzene rings is 2. The van der Waals surface area contributed by atoms with E-state index in [4.69, 9.17) is 16.3 Å². The van der Waals surface area contributed by atoms with Crippen LogP contribution in [0.4, 0.5) is 10.1 Å². The van der Waals surface area contributed by atoms with Crippen LogP contribution in [0.25, 0.3) is 10.9 Å². The molecule has 0 saturated heterocycles. The number of carbonyl (C=O) groups is 1. The Morgan fingerprint density at radius 2 is 2.12 bits per heavy atom. The molecule has 0 radical (unpaired) electrons. The summed E-state index contributed by atoms with van der Waals surface area (Å²) in [6.45, 7) is -0.284. The molecule has 6 nitrogen and oxygen atoms in total. The number of nitrogens with zero attached hydrogens (tertiary/aromatic N) is 2. The normalized spacial score (nSPS) is 10.7. The molecule has 3 rings (SSSR count). The fourth-order valence-electron chi connectivity index (χ4n) is 2.37. The van der Waals surface area contributed by atoms with E-state index in [-0.39, 0.29) is 11.9 Å². The minimum Gasteiger partial charge on any atom is -0.495 e. The molecule has 0 aliphatic carbocycles. The lowest BCUT2D eigenvalue weighted by Gasteiger charge is -2.11. The molecular formula is C17H13ClFN3O3. The molecule has 1 aromatic heterocycles. The highest BCUT2D eigenvalue weighted by molar-refractivity contribution is 6.31. The fraction of sp³-hybridized carbons (Fsp3) is 0.118. The Morgan fingerprint density at radius 1 is 1.32 bits per heavy atom. The van der Waals surface area contributed by atoms with Crippen molar-refractivity contribution >= 4 is 34.1 Å². The molecule has 1 heterocycles. The highest BCUT2D eigenvalue weighted by atomic mass is 35.5. The van der Waals surface area contributed by atoms with E-state index in [1.54, 1.807) is 12.1 Å². The van der Waals surface area contributed by atoms with Gasteiger partial charge in [0.05, 0.1) is 30.0 Å². The molecule has 128 valence electrons. The van der Waals surface area contributed by atoms with E-state index in [9.17, 15) is 14.0 Å². The second-order valence-corrected chi connectivity index (χ2v) is 5.67. The summed E-state index contributed by atoms with van der Waals surface area (Å²) in [7, 11) is 1.46. The van der Waals surface area contributed by atoms with Gasteiger partial charge in [-0.2, -0.15) is 0 Å². The Kier molecular flexibility index (Phi) is 4.67. The van der Waals surface area contributed by atoms with Gasteiger partial charge in [-0.1, -0.05) is 11.6 Å². The number of anilines is 1. The summed E-state index contributed by atoms with van der Waals surface area (Å²) in [6.07, 6.45) is 1.25. The molecule has 8 heteroatoms. The third-order valence-corrected chi connectivity index (χ3v) is 3.77. The SMILES string of the molecule is COc1ccc(Cl)cc1NC(=O)Cn1cnc2ccc(F)cc2c1=O. The van der Waals surface area contributed by atoms with Gasteiger partial charge in [-0.25, -0.2) is 9.37 Å². The second kappa shape index (κ2) is 6.90. The molecule has 1 amide bonds. The first-order valence-corrected chi connectivity index (χ1v) is 7.64. The predicted molar refractivity (Wildman–Crippen MR) is 92.6 cm³/mol. The number of rotatable bonds is 4. The number of nitrogens with one attached hydrogen (secondary N) is 1. The first kappa shape index (κ1) is 16.9. The average molecular weight is 362 g/mol. The van der Waals surface area contributed by atoms with Gasteiger partial charge < -0.3 is 10.1 Å². The molecule has 3 aromatic rings. The molecular weight excluding hydrogens is 349 g/mol. The van der Waals surface area contributed by atoms with Crippen molar-refractivity contribution in [2.24, 2.45) is 0 Å². The Labute approximate surface area is 146 Å². The lowest BCUT2D eigenvalue weighted by atomic mass is 10.2. The third-order valence-electron chi connectivity index (χ3n) is 3.54. The number of carbonyl (C=O) groups excluding carboxylic acids is 1. The molecule has 0 aliphatic rings. The summed E-state index contributed by atoms with van der Waals surface area (Å²) >= 11 is 5.92. The first-order chi connectivity index (χ1) is 12.0. The third kappa shape index (κ3) is 3.61. The van der Waals surface area contributed by atoms with Crippen LogP contribution in [0.3, 0.4) is 0 Å². The summed E-state index contributed by atoms with van der Waals surface area (Å²) in [4.78, 5) is 28.7. The lowest BCUT2D eigenvalue weighted by Crippen LogP contribution is -2.28. The van der Waals surface area contributed by atoms with Gasteiger partial charge in [-0.3, -0.25) is 14.2 Å². The van der Waals surface area contributed by atoms with Crippen LogP contribution in [0, 0.1) is 5.82 Å². The number of halogens is 2. The topological polar surface area (TPSA) is 73.2 Å². The van der Waals surface area contributed by atoms with Gasteiger partial charge in [0, 0.05) is 5.02 Å². The average Bonchev–Trinajstić information content (AvgIpc) is 2.58. The van der Waals surface area contributed by atoms with E-state index >= 15 is 0 Å². The van der Waals surface area contributed by atoms with Gasteiger partial charge in [0.1, 0.15) is 18.1 Å². The zero-order valence-corrected chi connectivity index (χ0v) is 13.9. The Hall–Kier alpha value is -2.93. The Balaban J connectivity index is 1.86. The molecule has 25 heavy (non-hydrogen) atoms. The molecule has 2 aromatic carbocycles. The van der Waals surface area contributed by atoms with E-state index < -0.39 is 17.3 Å². The van der Waals surface area contributed by atoms with Crippen LogP contribution >= 0.6 is 11.6 Å². The van der Waals surface area contributed by atoms with Crippen LogP contribution in [-0.2, 0) is 11.3 Å². The van der Waals surface area contributed by atoms with E-state index in [2.05, 4.69) is 10.3 Å². The first-order valence-electron chi connectivity index (χ1n) is 7.26. The summed E-state index contributed by atoms with van der Waals surface area (Å²) < 4.78 is 19.6. The van der Waals surface area contributed by atoms with Gasteiger partial charge in [0.2, 0.25) is 5.91 Å². The number of hydrogen-bond acceptors (Lipinski definition) is 4. The maximum absolute atomic E-state index is 13.3. The van der Waals surface area contributed by atoms with Crippen molar-refractivity contribution in [2.75, 3.05) is 12.4 Å². The van der Waals surface area contributed by atoms with E-state index in [0.29, 0.717) is 22.0 Å². The maximum atomic E-state index is 13.3. The van der Waals surface area contributed by atoms with Crippen LogP contribution in [0.15, 0.2) is 47.5 Å². The summed E-state index contributed by atoms with van der Waals surface area (Å²) in [5.41, 5.74) is 0.241. The van der Waals surface area contributed by atoms with Crippen molar-refractivity contribution in [3.63, 3.8) is 0 Å². The minimum atomic E-state index is -0.544. The maximum Gasteiger partial charge on any atom is 0.261 e. The van der Waals surface area contributed by atoms with Crippen molar-refractivity contribution in [3.8, 4) is 5.75 Å². The van der Waals surface area contributed by atoms with Crippen LogP contribution in [0.2, 0.25) is 5.02 Å². The zero-order chi connectivity index (χ0) is 18.0. The van der Waals surface area contributed by atoms with Gasteiger partial charge in [0.25, 0.3) is 5.56 Å². The predicted octanol–water partition coefficient (Wildman–Crippen LogP) is 2.84. The van der Waals surface area contributed by atoms with Crippen LogP contribution in [-0.4, -0.2) is 22.6 Å². The van der Waals surface area contributed by atoms with E-state index in [1.807, 2.05) is 0 Å². The Morgan fingerprint density at radius 3 is 2.88 bits per heavy atom. The largest absolute Gasteiger partial charge is 0.495 e. The number of ether oxygens (including phenoxy) is 1. The number of methoxy groups -OCH3 is 1. The van der Waals surface area contributed by atoms with Crippen LogP contribution < -0.4 is 15.6 Å². The summed E-state index contributed by atoms with van der Waals surface area (Å²) in [5.74, 6) is -0.582. The molecule has 1 N–H and O–H groups in total. The van der Waals surface area contributed by atoms with Gasteiger partial charge >= 0.3 is 0 Å². The quantitative estimate of drug-likeness (QED) is 0.775. The summed E-state index contributed by atoms with van der Waals surface area (Å²) in [6, 6.07) is 8.51. The van der Waals surface area contributed by atoms with Crippen molar-refractivity contribution in [1.82, 2.24) is 9.55 Å². The zero-order valence-electron chi connectivity index (χ0n) is 13.1. The van der Waals surface area contributed by atoms with Crippen LogP contribution in [0.1, 0.15) is 0 Å². The van der Waals surface area contributed by atoms with E-state index in [1.165, 1.54) is 31.6 Å². The summed E-state index contributed by atoms with van der Waals surface area (Å²) in [5, 5.41) is 3.16. The van der Waals surface area contributed by atoms with Gasteiger partial charge in [-0.15, -0.1) is 0 Å². The standard InChI is InChI=1S/C17H13ClFN3O3/c1-25-15-5-2-10(18)6-14(15)21-16(23)8-22-9-20-13-4-3-11(19)7-12(13)17(22)24/h2-7,9H,8H2,1H3,(H,21,23). The van der Waals surface area contributed by atoms with E-state index in [0.717, 1.165) is 10.6 Å². The smallest absolute Gasteiger partial charge is 0.261 e. The highest BCUT2D eigenvalue weighted by Crippen LogP contribution is 2.27. The van der Waals surface area contributed by atoms with Gasteiger partial charge in [0.15, 0.2) is 0 Å². The van der Waals surface area contributed by atoms with Crippen molar-refractivity contribution in [1.29, 1.82) is 0 Å². The van der Waals surface area contributed by atoms with Crippen molar-refractivity contribution in [2.45, 2.75) is 6.54 Å². The molecule has 0 spiro atoms. The molecule has 0 saturated carbocycles. The Bertz CT molecular complexity index is 1020. The number of fused-ring (bicyclic) bond motifs is 1. The van der Waals surface area contributed by atoms with Crippen LogP contribution in [0.5, 0.6) is 5.75 Å². The number of amides is 1. The molecule has 0 aliphatic heterocycles. The molecule has 0 bridgehead atoms. The second-order valence-electron chi connectivity index (χ2n) is 5.23. The van der Waals surface area contributed by atoms with Gasteiger partial charge in [-0.05, 0) is 36.4 Å². The highest BCUT2D eigenvalue weighted by Gasteiger charge is 2.12. The molecule has 0 fully saturated rings. The minimum absolute atomic E-state index is 0.107. The molecule has 0 unspecified atom stereocenters. The molecule has 0 atom stereocenters. The lowest BCUT2D eigenvalue weighted by molar-refractivity contribution is -0.116.